The van der Waals surface area contributed by atoms with Gasteiger partial charge in [-0.15, -0.1) is 0 Å². The lowest BCUT2D eigenvalue weighted by atomic mass is 9.74. The number of hydrogen-bond acceptors (Lipinski definition) is 2. The molecule has 1 aliphatic carbocycles. The van der Waals surface area contributed by atoms with E-state index in [2.05, 4.69) is 27.7 Å². The summed E-state index contributed by atoms with van der Waals surface area (Å²) in [5.41, 5.74) is -0.604. The number of ether oxygens (including phenoxy) is 1. The molecule has 0 spiro atoms. The van der Waals surface area contributed by atoms with E-state index in [4.69, 9.17) is 4.74 Å². The summed E-state index contributed by atoms with van der Waals surface area (Å²) in [7, 11) is 0. The first-order chi connectivity index (χ1) is 13.7. The minimum Gasteiger partial charge on any atom is -0.390 e. The van der Waals surface area contributed by atoms with Crippen LogP contribution >= 0.6 is 0 Å². The van der Waals surface area contributed by atoms with Crippen LogP contribution in [0.25, 0.3) is 0 Å². The molecular formula is C27H54O2. The monoisotopic (exact) mass is 410 g/mol. The summed E-state index contributed by atoms with van der Waals surface area (Å²) in [6, 6.07) is 0. The van der Waals surface area contributed by atoms with Gasteiger partial charge in [-0.25, -0.2) is 0 Å². The lowest BCUT2D eigenvalue weighted by Gasteiger charge is -2.32. The molecule has 1 rings (SSSR count). The molecule has 0 aliphatic heterocycles. The third-order valence-electron chi connectivity index (χ3n) is 7.21. The Balaban J connectivity index is 2.21. The van der Waals surface area contributed by atoms with Crippen molar-refractivity contribution in [2.75, 3.05) is 13.2 Å². The zero-order valence-electron chi connectivity index (χ0n) is 20.8. The molecule has 0 aromatic heterocycles. The molecule has 0 radical (unpaired) electrons. The van der Waals surface area contributed by atoms with Crippen LogP contribution < -0.4 is 0 Å². The second-order valence-corrected chi connectivity index (χ2v) is 11.4. The van der Waals surface area contributed by atoms with Crippen LogP contribution in [0.15, 0.2) is 0 Å². The largest absolute Gasteiger partial charge is 0.390 e. The van der Waals surface area contributed by atoms with Gasteiger partial charge in [0.1, 0.15) is 0 Å². The minimum atomic E-state index is -0.604. The molecule has 174 valence electrons. The first kappa shape index (κ1) is 27.0. The van der Waals surface area contributed by atoms with Crippen LogP contribution in [0.4, 0.5) is 0 Å². The highest BCUT2D eigenvalue weighted by molar-refractivity contribution is 4.76. The van der Waals surface area contributed by atoms with Crippen molar-refractivity contribution in [3.05, 3.63) is 0 Å². The van der Waals surface area contributed by atoms with Crippen LogP contribution in [0.5, 0.6) is 0 Å². The van der Waals surface area contributed by atoms with Crippen LogP contribution in [0.2, 0.25) is 0 Å². The van der Waals surface area contributed by atoms with Crippen molar-refractivity contribution in [3.8, 4) is 0 Å². The summed E-state index contributed by atoms with van der Waals surface area (Å²) >= 11 is 0. The van der Waals surface area contributed by atoms with Gasteiger partial charge in [0.25, 0.3) is 0 Å². The molecule has 2 heteroatoms. The lowest BCUT2D eigenvalue weighted by Crippen LogP contribution is -2.22. The van der Waals surface area contributed by atoms with E-state index >= 15 is 0 Å². The van der Waals surface area contributed by atoms with Gasteiger partial charge in [0, 0.05) is 13.2 Å². The van der Waals surface area contributed by atoms with Gasteiger partial charge < -0.3 is 9.84 Å². The topological polar surface area (TPSA) is 29.5 Å². The SMILES string of the molecule is CCC(CCOCCC(C)(C)O)CC1CCCC(CCC(C)CCCC(C)C)C1. The third-order valence-corrected chi connectivity index (χ3v) is 7.21. The average molecular weight is 411 g/mol. The van der Waals surface area contributed by atoms with Crippen molar-refractivity contribution in [3.63, 3.8) is 0 Å². The lowest BCUT2D eigenvalue weighted by molar-refractivity contribution is 0.0245. The van der Waals surface area contributed by atoms with E-state index in [0.29, 0.717) is 6.61 Å². The fourth-order valence-corrected chi connectivity index (χ4v) is 5.05. The van der Waals surface area contributed by atoms with E-state index in [0.717, 1.165) is 42.6 Å². The Hall–Kier alpha value is -0.0800. The Morgan fingerprint density at radius 1 is 0.966 bits per heavy atom. The summed E-state index contributed by atoms with van der Waals surface area (Å²) in [6.07, 6.45) is 17.6. The van der Waals surface area contributed by atoms with E-state index in [1.165, 1.54) is 77.0 Å². The van der Waals surface area contributed by atoms with Crippen LogP contribution in [0.1, 0.15) is 125 Å². The van der Waals surface area contributed by atoms with Crippen LogP contribution in [-0.2, 0) is 4.74 Å². The molecule has 0 amide bonds. The molecule has 1 fully saturated rings. The Bertz CT molecular complexity index is 384. The molecule has 4 atom stereocenters. The third kappa shape index (κ3) is 14.5. The first-order valence-electron chi connectivity index (χ1n) is 13.0. The van der Waals surface area contributed by atoms with Crippen LogP contribution in [0.3, 0.4) is 0 Å². The van der Waals surface area contributed by atoms with Gasteiger partial charge >= 0.3 is 0 Å². The van der Waals surface area contributed by atoms with E-state index in [1.807, 2.05) is 13.8 Å². The zero-order chi connectivity index (χ0) is 21.7. The van der Waals surface area contributed by atoms with E-state index < -0.39 is 5.60 Å². The van der Waals surface area contributed by atoms with Gasteiger partial charge in [0.05, 0.1) is 5.60 Å². The molecule has 1 N–H and O–H groups in total. The summed E-state index contributed by atoms with van der Waals surface area (Å²) in [5.74, 6) is 4.53. The number of rotatable bonds is 16. The predicted octanol–water partition coefficient (Wildman–Crippen LogP) is 8.02. The van der Waals surface area contributed by atoms with Crippen molar-refractivity contribution >= 4 is 0 Å². The summed E-state index contributed by atoms with van der Waals surface area (Å²) in [4.78, 5) is 0. The van der Waals surface area contributed by atoms with Crippen LogP contribution in [-0.4, -0.2) is 23.9 Å². The second kappa shape index (κ2) is 14.8. The maximum atomic E-state index is 9.78. The molecule has 29 heavy (non-hydrogen) atoms. The number of aliphatic hydroxyl groups is 1. The Morgan fingerprint density at radius 2 is 1.69 bits per heavy atom. The van der Waals surface area contributed by atoms with Crippen molar-refractivity contribution in [2.24, 2.45) is 29.6 Å². The molecular weight excluding hydrogens is 356 g/mol. The summed E-state index contributed by atoms with van der Waals surface area (Å²) in [6.45, 7) is 14.8. The molecule has 1 saturated carbocycles. The van der Waals surface area contributed by atoms with Gasteiger partial charge in [-0.05, 0) is 69.1 Å². The van der Waals surface area contributed by atoms with Crippen molar-refractivity contribution in [1.29, 1.82) is 0 Å². The maximum Gasteiger partial charge on any atom is 0.0613 e. The highest BCUT2D eigenvalue weighted by Gasteiger charge is 2.24. The highest BCUT2D eigenvalue weighted by Crippen LogP contribution is 2.37. The van der Waals surface area contributed by atoms with Gasteiger partial charge in [-0.3, -0.25) is 0 Å². The molecule has 2 nitrogen and oxygen atoms in total. The highest BCUT2D eigenvalue weighted by atomic mass is 16.5. The van der Waals surface area contributed by atoms with Gasteiger partial charge in [0.15, 0.2) is 0 Å². The zero-order valence-corrected chi connectivity index (χ0v) is 20.8. The molecule has 1 aliphatic rings. The maximum absolute atomic E-state index is 9.78. The average Bonchev–Trinajstić information content (AvgIpc) is 2.64. The van der Waals surface area contributed by atoms with E-state index in [9.17, 15) is 5.11 Å². The summed E-state index contributed by atoms with van der Waals surface area (Å²) in [5, 5.41) is 9.78. The quantitative estimate of drug-likeness (QED) is 0.261. The van der Waals surface area contributed by atoms with Crippen molar-refractivity contribution in [2.45, 2.75) is 131 Å². The minimum absolute atomic E-state index is 0.604. The molecule has 4 unspecified atom stereocenters. The summed E-state index contributed by atoms with van der Waals surface area (Å²) < 4.78 is 5.80. The van der Waals surface area contributed by atoms with Gasteiger partial charge in [-0.2, -0.15) is 0 Å². The Morgan fingerprint density at radius 3 is 2.34 bits per heavy atom. The first-order valence-corrected chi connectivity index (χ1v) is 13.0. The predicted molar refractivity (Wildman–Crippen MR) is 127 cm³/mol. The fraction of sp³-hybridized carbons (Fsp3) is 1.00. The second-order valence-electron chi connectivity index (χ2n) is 11.4. The standard InChI is InChI=1S/C27H54O2/c1-7-24(16-18-29-19-17-27(5,6)28)20-26-13-9-12-25(21-26)15-14-23(4)11-8-10-22(2)3/h22-26,28H,7-21H2,1-6H3. The Labute approximate surface area is 183 Å². The number of hydrogen-bond donors (Lipinski definition) is 1. The smallest absolute Gasteiger partial charge is 0.0613 e. The molecule has 0 aromatic rings. The van der Waals surface area contributed by atoms with Gasteiger partial charge in [0.2, 0.25) is 0 Å². The fourth-order valence-electron chi connectivity index (χ4n) is 5.05. The van der Waals surface area contributed by atoms with E-state index in [1.54, 1.807) is 0 Å². The Kier molecular flexibility index (Phi) is 13.8. The molecule has 0 saturated heterocycles. The van der Waals surface area contributed by atoms with Gasteiger partial charge in [-0.1, -0.05) is 85.5 Å². The van der Waals surface area contributed by atoms with Crippen LogP contribution in [0, 0.1) is 29.6 Å². The molecule has 0 heterocycles. The normalized spacial score (nSPS) is 22.8. The molecule has 0 bridgehead atoms. The molecule has 0 aromatic carbocycles. The van der Waals surface area contributed by atoms with Crippen molar-refractivity contribution in [1.82, 2.24) is 0 Å². The van der Waals surface area contributed by atoms with E-state index in [-0.39, 0.29) is 0 Å². The van der Waals surface area contributed by atoms with Crippen molar-refractivity contribution < 1.29 is 9.84 Å².